The summed E-state index contributed by atoms with van der Waals surface area (Å²) >= 11 is 5.69. The van der Waals surface area contributed by atoms with Gasteiger partial charge in [-0.2, -0.15) is 0 Å². The predicted molar refractivity (Wildman–Crippen MR) is 62.9 cm³/mol. The number of hydrogen-bond acceptors (Lipinski definition) is 3. The van der Waals surface area contributed by atoms with Gasteiger partial charge in [-0.1, -0.05) is 11.6 Å². The number of alkyl halides is 3. The van der Waals surface area contributed by atoms with Gasteiger partial charge < -0.3 is 14.2 Å². The van der Waals surface area contributed by atoms with E-state index in [1.807, 2.05) is 0 Å². The summed E-state index contributed by atoms with van der Waals surface area (Å²) < 4.78 is 41.9. The Bertz CT molecular complexity index is 669. The zero-order chi connectivity index (χ0) is 15.1. The van der Waals surface area contributed by atoms with Crippen molar-refractivity contribution in [2.45, 2.75) is 19.2 Å². The number of halogens is 4. The highest BCUT2D eigenvalue weighted by Gasteiger charge is 2.33. The molecule has 2 rings (SSSR count). The molecule has 0 spiro atoms. The summed E-state index contributed by atoms with van der Waals surface area (Å²) in [5.41, 5.74) is -0.0541. The zero-order valence-electron chi connectivity index (χ0n) is 9.98. The average molecular weight is 309 g/mol. The minimum atomic E-state index is -4.89. The van der Waals surface area contributed by atoms with E-state index in [2.05, 4.69) is 9.72 Å². The lowest BCUT2D eigenvalue weighted by Gasteiger charge is -2.09. The molecule has 0 aliphatic heterocycles. The molecule has 0 aliphatic rings. The van der Waals surface area contributed by atoms with Gasteiger partial charge in [0.05, 0.1) is 16.6 Å². The van der Waals surface area contributed by atoms with Crippen molar-refractivity contribution in [2.24, 2.45) is 0 Å². The fourth-order valence-electron chi connectivity index (χ4n) is 1.59. The van der Waals surface area contributed by atoms with Crippen LogP contribution in [0.2, 0.25) is 5.02 Å². The summed E-state index contributed by atoms with van der Waals surface area (Å²) in [5, 5.41) is 8.89. The molecule has 0 aliphatic carbocycles. The van der Waals surface area contributed by atoms with E-state index < -0.39 is 24.0 Å². The van der Waals surface area contributed by atoms with Crippen molar-refractivity contribution in [1.29, 1.82) is 0 Å². The van der Waals surface area contributed by atoms with Gasteiger partial charge in [-0.25, -0.2) is 4.98 Å². The molecular formula is C11H8ClF3N2O3. The summed E-state index contributed by atoms with van der Waals surface area (Å²) in [6, 6.07) is 0.965. The average Bonchev–Trinajstić information content (AvgIpc) is 2.69. The van der Waals surface area contributed by atoms with Crippen molar-refractivity contribution in [3.8, 4) is 5.75 Å². The van der Waals surface area contributed by atoms with E-state index in [9.17, 15) is 18.0 Å². The first-order valence-corrected chi connectivity index (χ1v) is 5.72. The topological polar surface area (TPSA) is 63.8 Å². The van der Waals surface area contributed by atoms with Gasteiger partial charge in [0.2, 0.25) is 0 Å². The fraction of sp³-hybridized carbons (Fsp3) is 0.273. The van der Waals surface area contributed by atoms with Gasteiger partial charge in [-0.3, -0.25) is 4.79 Å². The van der Waals surface area contributed by atoms with Crippen LogP contribution in [-0.2, 0) is 4.79 Å². The molecule has 0 radical (unpaired) electrons. The van der Waals surface area contributed by atoms with Gasteiger partial charge in [0.15, 0.2) is 11.4 Å². The lowest BCUT2D eigenvalue weighted by Crippen LogP contribution is -2.17. The largest absolute Gasteiger partial charge is 0.573 e. The Balaban J connectivity index is 2.55. The standard InChI is InChI=1S/C11H8ClF3N2O3/c1-5(10(18)19)7-4-17-3-6(12)2-8(9(17)16-7)20-11(13,14)15/h2-5H,1H3,(H,18,19). The maximum atomic E-state index is 12.3. The van der Waals surface area contributed by atoms with Crippen LogP contribution in [0.5, 0.6) is 5.75 Å². The van der Waals surface area contributed by atoms with Gasteiger partial charge in [0.25, 0.3) is 0 Å². The molecule has 1 unspecified atom stereocenters. The molecule has 0 amide bonds. The molecule has 1 N–H and O–H groups in total. The monoisotopic (exact) mass is 308 g/mol. The Morgan fingerprint density at radius 1 is 1.50 bits per heavy atom. The van der Waals surface area contributed by atoms with Gasteiger partial charge in [0, 0.05) is 18.5 Å². The number of rotatable bonds is 3. The van der Waals surface area contributed by atoms with Crippen molar-refractivity contribution in [3.63, 3.8) is 0 Å². The first kappa shape index (κ1) is 14.4. The van der Waals surface area contributed by atoms with E-state index in [-0.39, 0.29) is 16.4 Å². The first-order valence-electron chi connectivity index (χ1n) is 5.34. The number of carboxylic acids is 1. The minimum Gasteiger partial charge on any atom is -0.481 e. The molecular weight excluding hydrogens is 301 g/mol. The molecule has 5 nitrogen and oxygen atoms in total. The molecule has 20 heavy (non-hydrogen) atoms. The highest BCUT2D eigenvalue weighted by molar-refractivity contribution is 6.30. The van der Waals surface area contributed by atoms with Gasteiger partial charge >= 0.3 is 12.3 Å². The number of ether oxygens (including phenoxy) is 1. The molecule has 0 bridgehead atoms. The van der Waals surface area contributed by atoms with E-state index in [0.717, 1.165) is 6.07 Å². The third kappa shape index (κ3) is 2.96. The van der Waals surface area contributed by atoms with Crippen LogP contribution >= 0.6 is 11.6 Å². The lowest BCUT2D eigenvalue weighted by atomic mass is 10.1. The van der Waals surface area contributed by atoms with E-state index in [4.69, 9.17) is 16.7 Å². The van der Waals surface area contributed by atoms with Gasteiger partial charge in [0.1, 0.15) is 0 Å². The van der Waals surface area contributed by atoms with Crippen LogP contribution in [0.4, 0.5) is 13.2 Å². The molecule has 9 heteroatoms. The Labute approximate surface area is 115 Å². The van der Waals surface area contributed by atoms with Gasteiger partial charge in [-0.05, 0) is 6.92 Å². The van der Waals surface area contributed by atoms with Crippen molar-refractivity contribution in [3.05, 3.63) is 29.2 Å². The van der Waals surface area contributed by atoms with Crippen molar-refractivity contribution in [2.75, 3.05) is 0 Å². The predicted octanol–water partition coefficient (Wildman–Crippen LogP) is 3.07. The SMILES string of the molecule is CC(C(=O)O)c1cn2cc(Cl)cc(OC(F)(F)F)c2n1. The number of carbonyl (C=O) groups is 1. The summed E-state index contributed by atoms with van der Waals surface area (Å²) in [6.07, 6.45) is -2.29. The number of aromatic nitrogens is 2. The molecule has 0 saturated heterocycles. The number of fused-ring (bicyclic) bond motifs is 1. The number of nitrogens with zero attached hydrogens (tertiary/aromatic N) is 2. The van der Waals surface area contributed by atoms with Gasteiger partial charge in [-0.15, -0.1) is 13.2 Å². The summed E-state index contributed by atoms with van der Waals surface area (Å²) in [5.74, 6) is -2.70. The number of aliphatic carboxylic acids is 1. The van der Waals surface area contributed by atoms with Crippen LogP contribution in [0.25, 0.3) is 5.65 Å². The molecule has 0 saturated carbocycles. The Kier molecular flexibility index (Phi) is 3.51. The highest BCUT2D eigenvalue weighted by atomic mass is 35.5. The van der Waals surface area contributed by atoms with Crippen molar-refractivity contribution in [1.82, 2.24) is 9.38 Å². The molecule has 2 aromatic heterocycles. The van der Waals surface area contributed by atoms with E-state index in [0.29, 0.717) is 0 Å². The maximum Gasteiger partial charge on any atom is 0.573 e. The minimum absolute atomic E-state index is 0.00341. The lowest BCUT2D eigenvalue weighted by molar-refractivity contribution is -0.274. The second-order valence-corrected chi connectivity index (χ2v) is 4.46. The van der Waals surface area contributed by atoms with Crippen LogP contribution in [-0.4, -0.2) is 26.8 Å². The third-order valence-corrected chi connectivity index (χ3v) is 2.75. The Morgan fingerprint density at radius 2 is 2.15 bits per heavy atom. The van der Waals surface area contributed by atoms with Crippen LogP contribution in [0.3, 0.4) is 0 Å². The summed E-state index contributed by atoms with van der Waals surface area (Å²) in [6.45, 7) is 1.37. The van der Waals surface area contributed by atoms with Crippen LogP contribution in [0, 0.1) is 0 Å². The van der Waals surface area contributed by atoms with Crippen LogP contribution in [0.1, 0.15) is 18.5 Å². The molecule has 0 fully saturated rings. The number of carboxylic acid groups (broad SMARTS) is 1. The van der Waals surface area contributed by atoms with E-state index in [1.54, 1.807) is 0 Å². The smallest absolute Gasteiger partial charge is 0.481 e. The molecule has 0 aromatic carbocycles. The summed E-state index contributed by atoms with van der Waals surface area (Å²) in [4.78, 5) is 14.7. The quantitative estimate of drug-likeness (QED) is 0.946. The fourth-order valence-corrected chi connectivity index (χ4v) is 1.79. The Hall–Kier alpha value is -1.96. The third-order valence-electron chi connectivity index (χ3n) is 2.54. The highest BCUT2D eigenvalue weighted by Crippen LogP contribution is 2.30. The molecule has 2 heterocycles. The van der Waals surface area contributed by atoms with E-state index in [1.165, 1.54) is 23.7 Å². The Morgan fingerprint density at radius 3 is 2.70 bits per heavy atom. The van der Waals surface area contributed by atoms with Crippen molar-refractivity contribution >= 4 is 23.2 Å². The van der Waals surface area contributed by atoms with Crippen LogP contribution in [0.15, 0.2) is 18.5 Å². The molecule has 2 aromatic rings. The number of hydrogen-bond donors (Lipinski definition) is 1. The second-order valence-electron chi connectivity index (χ2n) is 4.03. The van der Waals surface area contributed by atoms with Crippen LogP contribution < -0.4 is 4.74 Å². The zero-order valence-corrected chi connectivity index (χ0v) is 10.7. The molecule has 1 atom stereocenters. The number of pyridine rings is 1. The molecule has 108 valence electrons. The summed E-state index contributed by atoms with van der Waals surface area (Å²) in [7, 11) is 0. The number of imidazole rings is 1. The second kappa shape index (κ2) is 4.86. The first-order chi connectivity index (χ1) is 9.17. The van der Waals surface area contributed by atoms with Crippen molar-refractivity contribution < 1.29 is 27.8 Å². The normalized spacial score (nSPS) is 13.4. The maximum absolute atomic E-state index is 12.3. The van der Waals surface area contributed by atoms with E-state index >= 15 is 0 Å².